The number of rotatable bonds is 6. The molecule has 0 saturated heterocycles. The summed E-state index contributed by atoms with van der Waals surface area (Å²) in [5.74, 6) is 1.08. The number of nitrogens with one attached hydrogen (secondary N) is 1. The van der Waals surface area contributed by atoms with E-state index < -0.39 is 6.04 Å². The quantitative estimate of drug-likeness (QED) is 0.252. The van der Waals surface area contributed by atoms with Crippen LogP contribution in [0, 0.1) is 0 Å². The number of carbonyl (C=O) groups is 1. The summed E-state index contributed by atoms with van der Waals surface area (Å²) >= 11 is 1.42. The Morgan fingerprint density at radius 1 is 0.895 bits per heavy atom. The highest BCUT2D eigenvalue weighted by Gasteiger charge is 2.20. The Kier molecular flexibility index (Phi) is 6.19. The standard InChI is InChI=1S/C31H23N3O3S/c1-20(29(35)33-24-13-15-26(16-14-24)37-25-9-3-2-4-10-25)34-19-32-30-28(31(34)36)27(18-38-30)23-12-11-21-7-5-6-8-22(21)17-23/h2-20H,1H3,(H,33,35). The van der Waals surface area contributed by atoms with Crippen molar-refractivity contribution in [3.05, 3.63) is 119 Å². The van der Waals surface area contributed by atoms with E-state index in [0.717, 1.165) is 27.6 Å². The molecule has 1 amide bonds. The summed E-state index contributed by atoms with van der Waals surface area (Å²) in [4.78, 5) is 31.8. The first-order valence-corrected chi connectivity index (χ1v) is 13.1. The zero-order chi connectivity index (χ0) is 26.1. The average Bonchev–Trinajstić information content (AvgIpc) is 3.39. The van der Waals surface area contributed by atoms with Gasteiger partial charge in [-0.25, -0.2) is 4.98 Å². The van der Waals surface area contributed by atoms with E-state index in [2.05, 4.69) is 34.6 Å². The van der Waals surface area contributed by atoms with Crippen molar-refractivity contribution < 1.29 is 9.53 Å². The van der Waals surface area contributed by atoms with Gasteiger partial charge in [0.15, 0.2) is 0 Å². The Balaban J connectivity index is 1.25. The van der Waals surface area contributed by atoms with Gasteiger partial charge in [-0.2, -0.15) is 0 Å². The first kappa shape index (κ1) is 23.6. The van der Waals surface area contributed by atoms with Crippen LogP contribution in [0.3, 0.4) is 0 Å². The highest BCUT2D eigenvalue weighted by atomic mass is 32.1. The number of anilines is 1. The number of thiophene rings is 1. The lowest BCUT2D eigenvalue weighted by Gasteiger charge is -2.15. The Morgan fingerprint density at radius 3 is 2.39 bits per heavy atom. The number of amides is 1. The highest BCUT2D eigenvalue weighted by Crippen LogP contribution is 2.33. The SMILES string of the molecule is CC(C(=O)Nc1ccc(Oc2ccccc2)cc1)n1cnc2scc(-c3ccc4ccccc4c3)c2c1=O. The molecule has 2 heterocycles. The number of ether oxygens (including phenoxy) is 1. The zero-order valence-corrected chi connectivity index (χ0v) is 21.3. The lowest BCUT2D eigenvalue weighted by atomic mass is 10.0. The monoisotopic (exact) mass is 517 g/mol. The van der Waals surface area contributed by atoms with E-state index in [9.17, 15) is 9.59 Å². The Morgan fingerprint density at radius 2 is 1.61 bits per heavy atom. The predicted molar refractivity (Wildman–Crippen MR) is 153 cm³/mol. The van der Waals surface area contributed by atoms with Crippen LogP contribution in [-0.4, -0.2) is 15.5 Å². The molecule has 0 bridgehead atoms. The molecule has 0 aliphatic carbocycles. The Bertz CT molecular complexity index is 1830. The molecule has 186 valence electrons. The van der Waals surface area contributed by atoms with E-state index in [0.29, 0.717) is 21.7 Å². The van der Waals surface area contributed by atoms with E-state index in [4.69, 9.17) is 4.74 Å². The molecule has 38 heavy (non-hydrogen) atoms. The van der Waals surface area contributed by atoms with Gasteiger partial charge >= 0.3 is 0 Å². The largest absolute Gasteiger partial charge is 0.457 e. The number of hydrogen-bond acceptors (Lipinski definition) is 5. The molecule has 2 aromatic heterocycles. The van der Waals surface area contributed by atoms with E-state index in [-0.39, 0.29) is 11.5 Å². The molecule has 6 rings (SSSR count). The molecule has 6 nitrogen and oxygen atoms in total. The number of benzene rings is 4. The summed E-state index contributed by atoms with van der Waals surface area (Å²) < 4.78 is 7.20. The minimum atomic E-state index is -0.760. The highest BCUT2D eigenvalue weighted by molar-refractivity contribution is 7.17. The van der Waals surface area contributed by atoms with Crippen molar-refractivity contribution in [2.24, 2.45) is 0 Å². The lowest BCUT2D eigenvalue weighted by molar-refractivity contribution is -0.118. The Labute approximate surface area is 222 Å². The molecule has 0 aliphatic heterocycles. The molecule has 0 fully saturated rings. The maximum atomic E-state index is 13.6. The van der Waals surface area contributed by atoms with Gasteiger partial charge in [-0.1, -0.05) is 54.6 Å². The van der Waals surface area contributed by atoms with Gasteiger partial charge in [0.05, 0.1) is 11.7 Å². The molecule has 1 unspecified atom stereocenters. The minimum absolute atomic E-state index is 0.242. The van der Waals surface area contributed by atoms with Crippen LogP contribution in [0.15, 0.2) is 114 Å². The van der Waals surface area contributed by atoms with Crippen molar-refractivity contribution in [3.8, 4) is 22.6 Å². The number of carbonyl (C=O) groups excluding carboxylic acids is 1. The molecule has 0 spiro atoms. The van der Waals surface area contributed by atoms with Crippen LogP contribution in [0.2, 0.25) is 0 Å². The summed E-state index contributed by atoms with van der Waals surface area (Å²) in [6.45, 7) is 1.69. The van der Waals surface area contributed by atoms with Crippen LogP contribution in [-0.2, 0) is 4.79 Å². The fourth-order valence-electron chi connectivity index (χ4n) is 4.39. The zero-order valence-electron chi connectivity index (χ0n) is 20.5. The number of hydrogen-bond donors (Lipinski definition) is 1. The molecule has 1 N–H and O–H groups in total. The first-order valence-electron chi connectivity index (χ1n) is 12.2. The van der Waals surface area contributed by atoms with Crippen LogP contribution in [0.1, 0.15) is 13.0 Å². The molecule has 6 aromatic rings. The predicted octanol–water partition coefficient (Wildman–Crippen LogP) is 7.27. The van der Waals surface area contributed by atoms with Crippen molar-refractivity contribution in [3.63, 3.8) is 0 Å². The summed E-state index contributed by atoms with van der Waals surface area (Å²) in [5, 5.41) is 7.60. The molecule has 4 aromatic carbocycles. The van der Waals surface area contributed by atoms with Crippen molar-refractivity contribution in [2.75, 3.05) is 5.32 Å². The topological polar surface area (TPSA) is 73.2 Å². The van der Waals surface area contributed by atoms with Crippen LogP contribution in [0.25, 0.3) is 32.1 Å². The third-order valence-corrected chi connectivity index (χ3v) is 7.36. The second-order valence-electron chi connectivity index (χ2n) is 8.95. The van der Waals surface area contributed by atoms with Crippen LogP contribution >= 0.6 is 11.3 Å². The summed E-state index contributed by atoms with van der Waals surface area (Å²) in [6.07, 6.45) is 1.45. The van der Waals surface area contributed by atoms with E-state index >= 15 is 0 Å². The molecule has 7 heteroatoms. The van der Waals surface area contributed by atoms with Crippen molar-refractivity contribution >= 4 is 43.9 Å². The number of para-hydroxylation sites is 1. The molecule has 0 aliphatic rings. The Hall–Kier alpha value is -4.75. The van der Waals surface area contributed by atoms with Crippen molar-refractivity contribution in [1.82, 2.24) is 9.55 Å². The third kappa shape index (κ3) is 4.55. The second-order valence-corrected chi connectivity index (χ2v) is 9.81. The molecular weight excluding hydrogens is 494 g/mol. The summed E-state index contributed by atoms with van der Waals surface area (Å²) in [5.41, 5.74) is 2.14. The lowest BCUT2D eigenvalue weighted by Crippen LogP contribution is -2.31. The smallest absolute Gasteiger partial charge is 0.263 e. The van der Waals surface area contributed by atoms with Crippen LogP contribution in [0.4, 0.5) is 5.69 Å². The van der Waals surface area contributed by atoms with Gasteiger partial charge in [0.1, 0.15) is 22.4 Å². The van der Waals surface area contributed by atoms with Gasteiger partial charge in [-0.15, -0.1) is 11.3 Å². The van der Waals surface area contributed by atoms with Gasteiger partial charge in [0.25, 0.3) is 5.56 Å². The van der Waals surface area contributed by atoms with E-state index in [1.165, 1.54) is 22.2 Å². The van der Waals surface area contributed by atoms with Crippen LogP contribution < -0.4 is 15.6 Å². The fraction of sp³-hybridized carbons (Fsp3) is 0.0645. The normalized spacial score (nSPS) is 11.9. The molecule has 0 saturated carbocycles. The summed E-state index contributed by atoms with van der Waals surface area (Å²) in [7, 11) is 0. The van der Waals surface area contributed by atoms with Crippen molar-refractivity contribution in [2.45, 2.75) is 13.0 Å². The third-order valence-electron chi connectivity index (χ3n) is 6.48. The van der Waals surface area contributed by atoms with Gasteiger partial charge in [-0.3, -0.25) is 14.2 Å². The van der Waals surface area contributed by atoms with E-state index in [1.54, 1.807) is 31.2 Å². The van der Waals surface area contributed by atoms with Gasteiger partial charge in [-0.05, 0) is 65.7 Å². The number of nitrogens with zero attached hydrogens (tertiary/aromatic N) is 2. The average molecular weight is 518 g/mol. The maximum Gasteiger partial charge on any atom is 0.263 e. The molecule has 1 atom stereocenters. The van der Waals surface area contributed by atoms with Gasteiger partial charge in [0, 0.05) is 16.6 Å². The van der Waals surface area contributed by atoms with E-state index in [1.807, 2.05) is 53.9 Å². The molecule has 0 radical (unpaired) electrons. The number of fused-ring (bicyclic) bond motifs is 2. The summed E-state index contributed by atoms with van der Waals surface area (Å²) in [6, 6.07) is 30.1. The number of aromatic nitrogens is 2. The van der Waals surface area contributed by atoms with Crippen molar-refractivity contribution in [1.29, 1.82) is 0 Å². The van der Waals surface area contributed by atoms with Crippen LogP contribution in [0.5, 0.6) is 11.5 Å². The fourth-order valence-corrected chi connectivity index (χ4v) is 5.30. The minimum Gasteiger partial charge on any atom is -0.457 e. The van der Waals surface area contributed by atoms with Gasteiger partial charge in [0.2, 0.25) is 5.91 Å². The maximum absolute atomic E-state index is 13.6. The first-order chi connectivity index (χ1) is 18.6. The van der Waals surface area contributed by atoms with Gasteiger partial charge < -0.3 is 10.1 Å². The molecular formula is C31H23N3O3S. The second kappa shape index (κ2) is 9.95.